The molecule has 0 radical (unpaired) electrons. The minimum absolute atomic E-state index is 0.398. The quantitative estimate of drug-likeness (QED) is 0.476. The highest BCUT2D eigenvalue weighted by Crippen LogP contribution is 2.29. The first-order valence-corrected chi connectivity index (χ1v) is 9.25. The molecule has 2 rings (SSSR count). The van der Waals surface area contributed by atoms with Crippen molar-refractivity contribution in [2.24, 2.45) is 0 Å². The van der Waals surface area contributed by atoms with Crippen molar-refractivity contribution in [3.8, 4) is 0 Å². The molecule has 110 valence electrons. The molecule has 20 heavy (non-hydrogen) atoms. The molecule has 0 amide bonds. The summed E-state index contributed by atoms with van der Waals surface area (Å²) >= 11 is 20.0. The van der Waals surface area contributed by atoms with E-state index in [0.717, 1.165) is 29.8 Å². The van der Waals surface area contributed by atoms with Crippen LogP contribution in [0.4, 0.5) is 0 Å². The monoisotopic (exact) mass is 350 g/mol. The number of halogens is 3. The topological polar surface area (TPSA) is 17.8 Å². The molecule has 1 aromatic heterocycles. The van der Waals surface area contributed by atoms with Crippen molar-refractivity contribution in [2.75, 3.05) is 12.0 Å². The molecule has 1 aromatic carbocycles. The number of aryl methyl sites for hydroxylation is 1. The molecule has 0 aliphatic carbocycles. The number of hydrogen-bond acceptors (Lipinski definition) is 2. The number of aromatic nitrogens is 2. The van der Waals surface area contributed by atoms with Crippen LogP contribution in [-0.4, -0.2) is 21.6 Å². The van der Waals surface area contributed by atoms with E-state index in [0.29, 0.717) is 15.9 Å². The number of benzene rings is 1. The number of nitrogens with zero attached hydrogens (tertiary/aromatic N) is 2. The van der Waals surface area contributed by atoms with E-state index in [1.807, 2.05) is 17.8 Å². The lowest BCUT2D eigenvalue weighted by atomic mass is 10.2. The predicted molar refractivity (Wildman–Crippen MR) is 91.5 cm³/mol. The summed E-state index contributed by atoms with van der Waals surface area (Å²) in [5.41, 5.74) is 1.87. The van der Waals surface area contributed by atoms with Gasteiger partial charge in [0.05, 0.1) is 27.0 Å². The molecule has 0 aliphatic rings. The Kier molecular flexibility index (Phi) is 6.34. The Morgan fingerprint density at radius 1 is 1.15 bits per heavy atom. The highest BCUT2D eigenvalue weighted by molar-refractivity contribution is 7.98. The number of imidazole rings is 1. The maximum absolute atomic E-state index is 6.11. The van der Waals surface area contributed by atoms with Crippen LogP contribution < -0.4 is 0 Å². The van der Waals surface area contributed by atoms with Crippen molar-refractivity contribution in [3.63, 3.8) is 0 Å². The zero-order valence-corrected chi connectivity index (χ0v) is 14.4. The van der Waals surface area contributed by atoms with Gasteiger partial charge in [-0.3, -0.25) is 0 Å². The number of unbranched alkanes of at least 4 members (excludes halogenated alkanes) is 2. The molecule has 1 heterocycles. The van der Waals surface area contributed by atoms with Crippen LogP contribution in [0, 0.1) is 0 Å². The molecular formula is C14H17Cl3N2S. The van der Waals surface area contributed by atoms with Crippen LogP contribution in [0.25, 0.3) is 11.0 Å². The standard InChI is InChI=1S/C14H17Cl3N2S/c1-20-6-4-2-3-5-19-13-8-11(17)10(16)7-12(13)18-14(19)9-15/h7-8H,2-6,9H2,1H3. The Labute approximate surface area is 138 Å². The van der Waals surface area contributed by atoms with Crippen molar-refractivity contribution < 1.29 is 0 Å². The Balaban J connectivity index is 2.19. The van der Waals surface area contributed by atoms with Gasteiger partial charge in [-0.25, -0.2) is 4.98 Å². The molecular weight excluding hydrogens is 335 g/mol. The Morgan fingerprint density at radius 3 is 2.60 bits per heavy atom. The van der Waals surface area contributed by atoms with Crippen molar-refractivity contribution in [2.45, 2.75) is 31.7 Å². The molecule has 0 spiro atoms. The van der Waals surface area contributed by atoms with Crippen LogP contribution in [0.3, 0.4) is 0 Å². The third-order valence-corrected chi connectivity index (χ3v) is 4.88. The first-order chi connectivity index (χ1) is 9.67. The summed E-state index contributed by atoms with van der Waals surface area (Å²) in [6, 6.07) is 3.68. The minimum atomic E-state index is 0.398. The fourth-order valence-corrected chi connectivity index (χ4v) is 3.23. The third kappa shape index (κ3) is 3.76. The molecule has 0 fully saturated rings. The molecule has 0 saturated heterocycles. The Bertz CT molecular complexity index is 583. The SMILES string of the molecule is CSCCCCCn1c(CCl)nc2cc(Cl)c(Cl)cc21. The summed E-state index contributed by atoms with van der Waals surface area (Å²) in [5.74, 6) is 2.49. The van der Waals surface area contributed by atoms with Gasteiger partial charge in [-0.1, -0.05) is 29.6 Å². The molecule has 2 nitrogen and oxygen atoms in total. The predicted octanol–water partition coefficient (Wildman–Crippen LogP) is 5.62. The molecule has 0 aliphatic heterocycles. The maximum atomic E-state index is 6.11. The average Bonchev–Trinajstić information content (AvgIpc) is 2.76. The summed E-state index contributed by atoms with van der Waals surface area (Å²) in [5, 5.41) is 1.09. The highest BCUT2D eigenvalue weighted by Gasteiger charge is 2.12. The van der Waals surface area contributed by atoms with E-state index in [9.17, 15) is 0 Å². The van der Waals surface area contributed by atoms with Gasteiger partial charge < -0.3 is 4.57 Å². The summed E-state index contributed by atoms with van der Waals surface area (Å²) in [7, 11) is 0. The second-order valence-electron chi connectivity index (χ2n) is 4.62. The molecule has 6 heteroatoms. The molecule has 0 unspecified atom stereocenters. The Morgan fingerprint density at radius 2 is 1.90 bits per heavy atom. The molecule has 2 aromatic rings. The lowest BCUT2D eigenvalue weighted by Crippen LogP contribution is -2.02. The van der Waals surface area contributed by atoms with Crippen LogP contribution in [0.5, 0.6) is 0 Å². The number of rotatable bonds is 7. The lowest BCUT2D eigenvalue weighted by molar-refractivity contribution is 0.602. The van der Waals surface area contributed by atoms with Gasteiger partial charge in [0.1, 0.15) is 5.82 Å². The first kappa shape index (κ1) is 16.3. The fourth-order valence-electron chi connectivity index (χ4n) is 2.21. The van der Waals surface area contributed by atoms with Gasteiger partial charge >= 0.3 is 0 Å². The smallest absolute Gasteiger partial charge is 0.124 e. The summed E-state index contributed by atoms with van der Waals surface area (Å²) in [6.07, 6.45) is 5.72. The average molecular weight is 352 g/mol. The van der Waals surface area contributed by atoms with Crippen molar-refractivity contribution in [3.05, 3.63) is 28.0 Å². The van der Waals surface area contributed by atoms with E-state index in [-0.39, 0.29) is 0 Å². The van der Waals surface area contributed by atoms with E-state index in [4.69, 9.17) is 34.8 Å². The van der Waals surface area contributed by atoms with Crippen LogP contribution in [-0.2, 0) is 12.4 Å². The van der Waals surface area contributed by atoms with E-state index in [1.54, 1.807) is 6.07 Å². The maximum Gasteiger partial charge on any atom is 0.124 e. The second kappa shape index (κ2) is 7.79. The van der Waals surface area contributed by atoms with Crippen LogP contribution >= 0.6 is 46.6 Å². The fraction of sp³-hybridized carbons (Fsp3) is 0.500. The summed E-state index contributed by atoms with van der Waals surface area (Å²) in [4.78, 5) is 4.53. The number of hydrogen-bond donors (Lipinski definition) is 0. The van der Waals surface area contributed by atoms with Gasteiger partial charge in [-0.05, 0) is 37.0 Å². The zero-order valence-electron chi connectivity index (χ0n) is 11.3. The molecule has 0 saturated carbocycles. The lowest BCUT2D eigenvalue weighted by Gasteiger charge is -2.08. The molecule has 0 bridgehead atoms. The number of thioether (sulfide) groups is 1. The minimum Gasteiger partial charge on any atom is -0.327 e. The van der Waals surface area contributed by atoms with Gasteiger partial charge in [-0.15, -0.1) is 11.6 Å². The largest absolute Gasteiger partial charge is 0.327 e. The highest BCUT2D eigenvalue weighted by atomic mass is 35.5. The van der Waals surface area contributed by atoms with Crippen molar-refractivity contribution in [1.29, 1.82) is 0 Å². The van der Waals surface area contributed by atoms with Crippen LogP contribution in [0.2, 0.25) is 10.0 Å². The zero-order chi connectivity index (χ0) is 14.5. The summed E-state index contributed by atoms with van der Waals surface area (Å²) in [6.45, 7) is 0.922. The number of fused-ring (bicyclic) bond motifs is 1. The summed E-state index contributed by atoms with van der Waals surface area (Å²) < 4.78 is 2.16. The van der Waals surface area contributed by atoms with Gasteiger partial charge in [-0.2, -0.15) is 11.8 Å². The van der Waals surface area contributed by atoms with E-state index >= 15 is 0 Å². The van der Waals surface area contributed by atoms with Gasteiger partial charge in [0.25, 0.3) is 0 Å². The van der Waals surface area contributed by atoms with Gasteiger partial charge in [0.2, 0.25) is 0 Å². The van der Waals surface area contributed by atoms with E-state index < -0.39 is 0 Å². The van der Waals surface area contributed by atoms with Gasteiger partial charge in [0.15, 0.2) is 0 Å². The van der Waals surface area contributed by atoms with Crippen LogP contribution in [0.1, 0.15) is 25.1 Å². The van der Waals surface area contributed by atoms with Crippen molar-refractivity contribution in [1.82, 2.24) is 9.55 Å². The first-order valence-electron chi connectivity index (χ1n) is 6.56. The normalized spacial score (nSPS) is 11.4. The van der Waals surface area contributed by atoms with E-state index in [2.05, 4.69) is 15.8 Å². The second-order valence-corrected chi connectivity index (χ2v) is 6.69. The number of alkyl halides is 1. The van der Waals surface area contributed by atoms with Gasteiger partial charge in [0, 0.05) is 6.54 Å². The third-order valence-electron chi connectivity index (χ3n) is 3.22. The Hall–Kier alpha value is -0.0900. The molecule has 0 atom stereocenters. The molecule has 0 N–H and O–H groups in total. The van der Waals surface area contributed by atoms with Crippen molar-refractivity contribution >= 4 is 57.6 Å². The van der Waals surface area contributed by atoms with E-state index in [1.165, 1.54) is 18.6 Å². The van der Waals surface area contributed by atoms with Crippen LogP contribution in [0.15, 0.2) is 12.1 Å².